The van der Waals surface area contributed by atoms with E-state index >= 15 is 0 Å². The second-order valence-electron chi connectivity index (χ2n) is 4.20. The molecule has 1 rings (SSSR count). The molecule has 1 aromatic carbocycles. The van der Waals surface area contributed by atoms with Gasteiger partial charge in [0.1, 0.15) is 11.5 Å². The van der Waals surface area contributed by atoms with Crippen LogP contribution in [0.5, 0.6) is 11.5 Å². The molecule has 0 aromatic heterocycles. The van der Waals surface area contributed by atoms with Crippen molar-refractivity contribution < 1.29 is 9.47 Å². The fraction of sp³-hybridized carbons (Fsp3) is 0.538. The first-order valence-electron chi connectivity index (χ1n) is 5.47. The van der Waals surface area contributed by atoms with Crippen LogP contribution in [0.2, 0.25) is 0 Å². The van der Waals surface area contributed by atoms with E-state index in [4.69, 9.17) is 15.2 Å². The Morgan fingerprint density at radius 3 is 2.25 bits per heavy atom. The molecule has 90 valence electrons. The summed E-state index contributed by atoms with van der Waals surface area (Å²) in [6, 6.07) is 2.13. The van der Waals surface area contributed by atoms with E-state index < -0.39 is 0 Å². The van der Waals surface area contributed by atoms with Crippen molar-refractivity contribution in [2.45, 2.75) is 33.2 Å². The monoisotopic (exact) mass is 223 g/mol. The zero-order valence-corrected chi connectivity index (χ0v) is 10.8. The molecule has 0 aliphatic heterocycles. The largest absolute Gasteiger partial charge is 0.496 e. The number of ether oxygens (including phenoxy) is 2. The average Bonchev–Trinajstić information content (AvgIpc) is 2.23. The summed E-state index contributed by atoms with van der Waals surface area (Å²) in [5, 5.41) is 0. The number of hydrogen-bond donors (Lipinski definition) is 1. The van der Waals surface area contributed by atoms with Crippen LogP contribution in [0.15, 0.2) is 6.07 Å². The fourth-order valence-electron chi connectivity index (χ4n) is 1.92. The molecule has 0 amide bonds. The van der Waals surface area contributed by atoms with E-state index in [0.717, 1.165) is 34.6 Å². The minimum absolute atomic E-state index is 0.112. The zero-order valence-electron chi connectivity index (χ0n) is 10.8. The maximum absolute atomic E-state index is 5.83. The standard InChI is InChI=1S/C13H21NO2/c1-8(14)6-11-7-12(15-4)9(2)10(3)13(11)16-5/h7-8H,6,14H2,1-5H3. The van der Waals surface area contributed by atoms with E-state index in [0.29, 0.717) is 0 Å². The summed E-state index contributed by atoms with van der Waals surface area (Å²) < 4.78 is 10.8. The number of rotatable bonds is 4. The van der Waals surface area contributed by atoms with Gasteiger partial charge in [0, 0.05) is 6.04 Å². The van der Waals surface area contributed by atoms with E-state index in [1.165, 1.54) is 0 Å². The quantitative estimate of drug-likeness (QED) is 0.851. The maximum atomic E-state index is 5.83. The lowest BCUT2D eigenvalue weighted by Gasteiger charge is -2.17. The van der Waals surface area contributed by atoms with Gasteiger partial charge in [-0.05, 0) is 49.9 Å². The second kappa shape index (κ2) is 5.21. The lowest BCUT2D eigenvalue weighted by Crippen LogP contribution is -2.18. The number of benzene rings is 1. The highest BCUT2D eigenvalue weighted by Gasteiger charge is 2.14. The van der Waals surface area contributed by atoms with Crippen LogP contribution >= 0.6 is 0 Å². The Balaban J connectivity index is 3.29. The van der Waals surface area contributed by atoms with Gasteiger partial charge < -0.3 is 15.2 Å². The highest BCUT2D eigenvalue weighted by molar-refractivity contribution is 5.52. The Morgan fingerprint density at radius 1 is 1.19 bits per heavy atom. The summed E-state index contributed by atoms with van der Waals surface area (Å²) in [6.07, 6.45) is 0.792. The highest BCUT2D eigenvalue weighted by atomic mass is 16.5. The van der Waals surface area contributed by atoms with Gasteiger partial charge in [0.05, 0.1) is 14.2 Å². The van der Waals surface area contributed by atoms with Gasteiger partial charge in [-0.25, -0.2) is 0 Å². The van der Waals surface area contributed by atoms with Gasteiger partial charge in [0.25, 0.3) is 0 Å². The molecule has 0 aliphatic carbocycles. The van der Waals surface area contributed by atoms with Crippen LogP contribution in [0.25, 0.3) is 0 Å². The van der Waals surface area contributed by atoms with Crippen molar-refractivity contribution in [3.63, 3.8) is 0 Å². The normalized spacial score (nSPS) is 12.4. The molecule has 0 fully saturated rings. The Kier molecular flexibility index (Phi) is 4.19. The molecule has 16 heavy (non-hydrogen) atoms. The Labute approximate surface area is 97.6 Å². The van der Waals surface area contributed by atoms with E-state index in [1.54, 1.807) is 14.2 Å². The minimum atomic E-state index is 0.112. The predicted molar refractivity (Wildman–Crippen MR) is 66.4 cm³/mol. The molecule has 0 radical (unpaired) electrons. The van der Waals surface area contributed by atoms with Gasteiger partial charge in [-0.2, -0.15) is 0 Å². The molecule has 2 N–H and O–H groups in total. The molecule has 0 saturated carbocycles. The Hall–Kier alpha value is -1.22. The highest BCUT2D eigenvalue weighted by Crippen LogP contribution is 2.33. The van der Waals surface area contributed by atoms with Crippen molar-refractivity contribution in [1.82, 2.24) is 0 Å². The van der Waals surface area contributed by atoms with Crippen molar-refractivity contribution in [3.05, 3.63) is 22.8 Å². The van der Waals surface area contributed by atoms with E-state index in [9.17, 15) is 0 Å². The molecule has 0 bridgehead atoms. The molecule has 3 nitrogen and oxygen atoms in total. The van der Waals surface area contributed by atoms with Gasteiger partial charge in [0.2, 0.25) is 0 Å². The zero-order chi connectivity index (χ0) is 12.3. The third kappa shape index (κ3) is 2.47. The minimum Gasteiger partial charge on any atom is -0.496 e. The van der Waals surface area contributed by atoms with Crippen LogP contribution < -0.4 is 15.2 Å². The first-order chi connectivity index (χ1) is 7.51. The average molecular weight is 223 g/mol. The maximum Gasteiger partial charge on any atom is 0.125 e. The van der Waals surface area contributed by atoms with Gasteiger partial charge in [-0.3, -0.25) is 0 Å². The number of methoxy groups -OCH3 is 2. The lowest BCUT2D eigenvalue weighted by atomic mass is 9.99. The van der Waals surface area contributed by atoms with Crippen LogP contribution in [0.1, 0.15) is 23.6 Å². The molecule has 0 spiro atoms. The lowest BCUT2D eigenvalue weighted by molar-refractivity contribution is 0.392. The van der Waals surface area contributed by atoms with E-state index in [2.05, 4.69) is 0 Å². The fourth-order valence-corrected chi connectivity index (χ4v) is 1.92. The number of hydrogen-bond acceptors (Lipinski definition) is 3. The summed E-state index contributed by atoms with van der Waals surface area (Å²) >= 11 is 0. The molecule has 1 atom stereocenters. The second-order valence-corrected chi connectivity index (χ2v) is 4.20. The van der Waals surface area contributed by atoms with Crippen LogP contribution in [-0.4, -0.2) is 20.3 Å². The third-order valence-corrected chi connectivity index (χ3v) is 2.84. The summed E-state index contributed by atoms with van der Waals surface area (Å²) in [5.74, 6) is 1.82. The van der Waals surface area contributed by atoms with Crippen molar-refractivity contribution in [3.8, 4) is 11.5 Å². The van der Waals surface area contributed by atoms with Gasteiger partial charge in [-0.15, -0.1) is 0 Å². The topological polar surface area (TPSA) is 44.5 Å². The van der Waals surface area contributed by atoms with Gasteiger partial charge in [0.15, 0.2) is 0 Å². The molecular formula is C13H21NO2. The van der Waals surface area contributed by atoms with Crippen LogP contribution in [0.3, 0.4) is 0 Å². The van der Waals surface area contributed by atoms with Gasteiger partial charge in [-0.1, -0.05) is 0 Å². The van der Waals surface area contributed by atoms with Gasteiger partial charge >= 0.3 is 0 Å². The van der Waals surface area contributed by atoms with Crippen molar-refractivity contribution >= 4 is 0 Å². The summed E-state index contributed by atoms with van der Waals surface area (Å²) in [4.78, 5) is 0. The molecule has 0 aliphatic rings. The van der Waals surface area contributed by atoms with E-state index in [1.807, 2.05) is 26.8 Å². The van der Waals surface area contributed by atoms with Crippen LogP contribution in [-0.2, 0) is 6.42 Å². The molecule has 3 heteroatoms. The van der Waals surface area contributed by atoms with Crippen LogP contribution in [0, 0.1) is 13.8 Å². The third-order valence-electron chi connectivity index (χ3n) is 2.84. The molecule has 0 saturated heterocycles. The molecule has 1 aromatic rings. The molecule has 1 unspecified atom stereocenters. The molecular weight excluding hydrogens is 202 g/mol. The number of nitrogens with two attached hydrogens (primary N) is 1. The van der Waals surface area contributed by atoms with Crippen molar-refractivity contribution in [2.24, 2.45) is 5.73 Å². The summed E-state index contributed by atoms with van der Waals surface area (Å²) in [5.41, 5.74) is 9.18. The predicted octanol–water partition coefficient (Wildman–Crippen LogP) is 2.21. The van der Waals surface area contributed by atoms with Crippen LogP contribution in [0.4, 0.5) is 0 Å². The SMILES string of the molecule is COc1cc(CC(C)N)c(OC)c(C)c1C. The van der Waals surface area contributed by atoms with Crippen molar-refractivity contribution in [2.75, 3.05) is 14.2 Å². The first kappa shape index (κ1) is 12.8. The Bertz CT molecular complexity index is 373. The smallest absolute Gasteiger partial charge is 0.125 e. The first-order valence-corrected chi connectivity index (χ1v) is 5.47. The summed E-state index contributed by atoms with van der Waals surface area (Å²) in [6.45, 7) is 6.06. The Morgan fingerprint density at radius 2 is 1.81 bits per heavy atom. The van der Waals surface area contributed by atoms with E-state index in [-0.39, 0.29) is 6.04 Å². The molecule has 0 heterocycles. The summed E-state index contributed by atoms with van der Waals surface area (Å²) in [7, 11) is 3.38. The van der Waals surface area contributed by atoms with Crippen molar-refractivity contribution in [1.29, 1.82) is 0 Å².